The fourth-order valence-electron chi connectivity index (χ4n) is 3.23. The number of carbonyl (C=O) groups excluding carboxylic acids is 1. The molecule has 3 aromatic heterocycles. The Kier molecular flexibility index (Phi) is 4.39. The summed E-state index contributed by atoms with van der Waals surface area (Å²) in [6, 6.07) is 3.99. The standard InChI is InChI=1S/C17H18N4O2S2/c1-11-18-16(21-23-11)17(7-3-2-4-8-17)20-14(22)12-10-25-15(19-12)13-6-5-9-24-13/h5-6,9-10H,2-4,7-8H2,1H3,(H,20,22). The summed E-state index contributed by atoms with van der Waals surface area (Å²) < 4.78 is 5.16. The number of thiophene rings is 1. The first kappa shape index (κ1) is 16.4. The molecule has 1 aliphatic rings. The van der Waals surface area contributed by atoms with Crippen LogP contribution in [0.1, 0.15) is 54.3 Å². The first-order valence-electron chi connectivity index (χ1n) is 8.29. The van der Waals surface area contributed by atoms with Crippen LogP contribution in [0.4, 0.5) is 0 Å². The molecule has 0 bridgehead atoms. The molecule has 6 nitrogen and oxygen atoms in total. The zero-order valence-corrected chi connectivity index (χ0v) is 15.5. The molecule has 1 aliphatic carbocycles. The molecule has 1 fully saturated rings. The van der Waals surface area contributed by atoms with Crippen LogP contribution in [0.2, 0.25) is 0 Å². The summed E-state index contributed by atoms with van der Waals surface area (Å²) in [5.74, 6) is 0.915. The molecule has 3 heterocycles. The van der Waals surface area contributed by atoms with Gasteiger partial charge in [0.05, 0.1) is 4.88 Å². The molecule has 0 atom stereocenters. The second-order valence-electron chi connectivity index (χ2n) is 6.25. The molecule has 1 amide bonds. The normalized spacial score (nSPS) is 16.7. The van der Waals surface area contributed by atoms with Crippen LogP contribution in [0, 0.1) is 6.92 Å². The summed E-state index contributed by atoms with van der Waals surface area (Å²) in [4.78, 5) is 22.8. The molecule has 0 aromatic carbocycles. The van der Waals surface area contributed by atoms with Crippen molar-refractivity contribution in [3.8, 4) is 9.88 Å². The maximum Gasteiger partial charge on any atom is 0.271 e. The van der Waals surface area contributed by atoms with E-state index >= 15 is 0 Å². The lowest BCUT2D eigenvalue weighted by Crippen LogP contribution is -2.48. The quantitative estimate of drug-likeness (QED) is 0.742. The average molecular weight is 374 g/mol. The number of hydrogen-bond donors (Lipinski definition) is 1. The molecule has 25 heavy (non-hydrogen) atoms. The minimum absolute atomic E-state index is 0.177. The number of nitrogens with zero attached hydrogens (tertiary/aromatic N) is 3. The van der Waals surface area contributed by atoms with Gasteiger partial charge in [0.25, 0.3) is 5.91 Å². The van der Waals surface area contributed by atoms with E-state index in [2.05, 4.69) is 20.4 Å². The molecule has 0 saturated heterocycles. The molecule has 8 heteroatoms. The third-order valence-electron chi connectivity index (χ3n) is 4.48. The van der Waals surface area contributed by atoms with Gasteiger partial charge in [-0.25, -0.2) is 4.98 Å². The predicted octanol–water partition coefficient (Wildman–Crippen LogP) is 4.15. The van der Waals surface area contributed by atoms with E-state index < -0.39 is 5.54 Å². The monoisotopic (exact) mass is 374 g/mol. The van der Waals surface area contributed by atoms with Crippen LogP contribution in [0.25, 0.3) is 9.88 Å². The minimum Gasteiger partial charge on any atom is -0.340 e. The fourth-order valence-corrected chi connectivity index (χ4v) is 4.84. The van der Waals surface area contributed by atoms with E-state index in [9.17, 15) is 4.79 Å². The highest BCUT2D eigenvalue weighted by Gasteiger charge is 2.40. The smallest absolute Gasteiger partial charge is 0.271 e. The van der Waals surface area contributed by atoms with E-state index in [-0.39, 0.29) is 5.91 Å². The van der Waals surface area contributed by atoms with Gasteiger partial charge in [-0.1, -0.05) is 30.5 Å². The summed E-state index contributed by atoms with van der Waals surface area (Å²) >= 11 is 3.10. The van der Waals surface area contributed by atoms with Crippen molar-refractivity contribution in [3.05, 3.63) is 40.3 Å². The van der Waals surface area contributed by atoms with Gasteiger partial charge in [0, 0.05) is 12.3 Å². The van der Waals surface area contributed by atoms with Gasteiger partial charge < -0.3 is 9.84 Å². The zero-order valence-electron chi connectivity index (χ0n) is 13.8. The number of hydrogen-bond acceptors (Lipinski definition) is 7. The van der Waals surface area contributed by atoms with Crippen molar-refractivity contribution in [3.63, 3.8) is 0 Å². The number of rotatable bonds is 4. The summed E-state index contributed by atoms with van der Waals surface area (Å²) in [5, 5.41) is 11.9. The molecule has 0 unspecified atom stereocenters. The third kappa shape index (κ3) is 3.23. The molecule has 130 valence electrons. The highest BCUT2D eigenvalue weighted by Crippen LogP contribution is 2.36. The van der Waals surface area contributed by atoms with Crippen molar-refractivity contribution < 1.29 is 9.32 Å². The lowest BCUT2D eigenvalue weighted by Gasteiger charge is -2.35. The fraction of sp³-hybridized carbons (Fsp3) is 0.412. The van der Waals surface area contributed by atoms with Crippen molar-refractivity contribution in [2.45, 2.75) is 44.6 Å². The van der Waals surface area contributed by atoms with E-state index in [0.717, 1.165) is 42.0 Å². The Morgan fingerprint density at radius 3 is 2.76 bits per heavy atom. The van der Waals surface area contributed by atoms with E-state index in [0.29, 0.717) is 17.4 Å². The number of aromatic nitrogens is 3. The maximum absolute atomic E-state index is 12.8. The second kappa shape index (κ2) is 6.68. The zero-order chi connectivity index (χ0) is 17.3. The lowest BCUT2D eigenvalue weighted by molar-refractivity contribution is 0.0851. The van der Waals surface area contributed by atoms with Crippen LogP contribution >= 0.6 is 22.7 Å². The Bertz CT molecular complexity index is 863. The van der Waals surface area contributed by atoms with Crippen LogP contribution in [0.3, 0.4) is 0 Å². The number of aryl methyl sites for hydroxylation is 1. The van der Waals surface area contributed by atoms with Crippen LogP contribution in [-0.4, -0.2) is 21.0 Å². The van der Waals surface area contributed by atoms with E-state index in [1.807, 2.05) is 22.9 Å². The summed E-state index contributed by atoms with van der Waals surface area (Å²) in [5.41, 5.74) is -0.113. The molecule has 3 aromatic rings. The van der Waals surface area contributed by atoms with Gasteiger partial charge in [-0.15, -0.1) is 22.7 Å². The molecule has 1 saturated carbocycles. The SMILES string of the molecule is Cc1nc(C2(NC(=O)c3csc(-c4cccs4)n3)CCCCC2)no1. The van der Waals surface area contributed by atoms with Gasteiger partial charge in [0.1, 0.15) is 16.2 Å². The average Bonchev–Trinajstić information content (AvgIpc) is 3.36. The van der Waals surface area contributed by atoms with Gasteiger partial charge in [-0.05, 0) is 24.3 Å². The molecule has 1 N–H and O–H groups in total. The summed E-state index contributed by atoms with van der Waals surface area (Å²) in [7, 11) is 0. The van der Waals surface area contributed by atoms with Crippen molar-refractivity contribution in [2.75, 3.05) is 0 Å². The highest BCUT2D eigenvalue weighted by molar-refractivity contribution is 7.20. The largest absolute Gasteiger partial charge is 0.340 e. The van der Waals surface area contributed by atoms with Crippen molar-refractivity contribution in [2.24, 2.45) is 0 Å². The Morgan fingerprint density at radius 2 is 2.08 bits per heavy atom. The number of nitrogens with one attached hydrogen (secondary N) is 1. The first-order chi connectivity index (χ1) is 12.2. The molecular weight excluding hydrogens is 356 g/mol. The van der Waals surface area contributed by atoms with Crippen molar-refractivity contribution in [1.82, 2.24) is 20.4 Å². The van der Waals surface area contributed by atoms with Crippen LogP contribution < -0.4 is 5.32 Å². The van der Waals surface area contributed by atoms with Crippen molar-refractivity contribution >= 4 is 28.6 Å². The van der Waals surface area contributed by atoms with E-state index in [1.54, 1.807) is 18.3 Å². The number of carbonyl (C=O) groups is 1. The highest BCUT2D eigenvalue weighted by atomic mass is 32.1. The van der Waals surface area contributed by atoms with Crippen LogP contribution in [0.5, 0.6) is 0 Å². The van der Waals surface area contributed by atoms with Gasteiger partial charge in [0.2, 0.25) is 5.89 Å². The molecule has 4 rings (SSSR count). The second-order valence-corrected chi connectivity index (χ2v) is 8.05. The Hall–Kier alpha value is -2.06. The number of amides is 1. The Morgan fingerprint density at radius 1 is 1.24 bits per heavy atom. The number of thiazole rings is 1. The molecule has 0 radical (unpaired) electrons. The summed E-state index contributed by atoms with van der Waals surface area (Å²) in [6.07, 6.45) is 4.86. The molecular formula is C17H18N4O2S2. The topological polar surface area (TPSA) is 80.9 Å². The van der Waals surface area contributed by atoms with Crippen molar-refractivity contribution in [1.29, 1.82) is 0 Å². The minimum atomic E-state index is -0.556. The third-order valence-corrected chi connectivity index (χ3v) is 6.37. The van der Waals surface area contributed by atoms with Crippen LogP contribution in [-0.2, 0) is 5.54 Å². The van der Waals surface area contributed by atoms with Crippen LogP contribution in [0.15, 0.2) is 27.4 Å². The lowest BCUT2D eigenvalue weighted by atomic mass is 9.81. The van der Waals surface area contributed by atoms with Gasteiger partial charge in [-0.3, -0.25) is 4.79 Å². The Labute approximate surface area is 153 Å². The Balaban J connectivity index is 1.59. The molecule has 0 aliphatic heterocycles. The predicted molar refractivity (Wildman–Crippen MR) is 96.7 cm³/mol. The molecule has 0 spiro atoms. The summed E-state index contributed by atoms with van der Waals surface area (Å²) in [6.45, 7) is 1.77. The van der Waals surface area contributed by atoms with E-state index in [1.165, 1.54) is 11.3 Å². The van der Waals surface area contributed by atoms with Gasteiger partial charge >= 0.3 is 0 Å². The maximum atomic E-state index is 12.8. The van der Waals surface area contributed by atoms with Gasteiger partial charge in [-0.2, -0.15) is 4.98 Å². The van der Waals surface area contributed by atoms with Gasteiger partial charge in [0.15, 0.2) is 5.82 Å². The first-order valence-corrected chi connectivity index (χ1v) is 10.0. The van der Waals surface area contributed by atoms with E-state index in [4.69, 9.17) is 4.52 Å².